The molecule has 4 atom stereocenters. The van der Waals surface area contributed by atoms with Gasteiger partial charge in [-0.15, -0.1) is 0 Å². The van der Waals surface area contributed by atoms with Crippen molar-refractivity contribution in [2.45, 2.75) is 84.0 Å². The van der Waals surface area contributed by atoms with E-state index in [2.05, 4.69) is 20.6 Å². The Hall–Kier alpha value is -5.66. The van der Waals surface area contributed by atoms with Crippen LogP contribution in [-0.4, -0.2) is 94.9 Å². The minimum Gasteiger partial charge on any atom is -0.457 e. The Bertz CT molecular complexity index is 1940. The number of aromatic nitrogens is 2. The van der Waals surface area contributed by atoms with Crippen molar-refractivity contribution in [3.63, 3.8) is 0 Å². The molecule has 4 heterocycles. The number of allylic oxidation sites excluding steroid dienone is 1. The Balaban J connectivity index is 1.07. The molecule has 6 rings (SSSR count). The van der Waals surface area contributed by atoms with Gasteiger partial charge in [-0.25, -0.2) is 14.6 Å². The average Bonchev–Trinajstić information content (AvgIpc) is 4.02. The number of imidazole rings is 1. The van der Waals surface area contributed by atoms with Gasteiger partial charge in [-0.1, -0.05) is 39.8 Å². The molecule has 2 saturated heterocycles. The number of benzene rings is 2. The monoisotopic (exact) mass is 753 g/mol. The number of likely N-dealkylation sites (tertiary alicyclic amines) is 2. The third-order valence-electron chi connectivity index (χ3n) is 10.5. The number of alkyl carbamates (subject to hydrolysis) is 2. The first-order chi connectivity index (χ1) is 26.5. The first-order valence-electron chi connectivity index (χ1n) is 19.0. The highest BCUT2D eigenvalue weighted by atomic mass is 16.5. The number of nitrogens with zero attached hydrogens (tertiary/aromatic N) is 4. The first-order valence-corrected chi connectivity index (χ1v) is 19.0. The molecule has 14 nitrogen and oxygen atoms in total. The Morgan fingerprint density at radius 3 is 1.98 bits per heavy atom. The summed E-state index contributed by atoms with van der Waals surface area (Å²) < 4.78 is 15.8. The van der Waals surface area contributed by atoms with Crippen LogP contribution in [0.5, 0.6) is 11.5 Å². The standard InChI is InChI=1S/C41H51N7O7/c1-24(2)35(45-40(51)53-5)38(49)47-18-8-12-33(47)31-21-28(22-42-31)27-10-7-11-30(20-27)55-29-16-14-26(15-17-29)32-23-43-37(44-32)34-13-9-19-48(34)39(50)36(25(3)4)46-41(52)54-6/h7,10-11,14-17,20,22-25,33-36H,8-9,12-13,18-19,21H2,1-6H3,(H,43,44)(H,45,51)(H,46,52)/t33-,34-,35-,36-/m0/s1. The van der Waals surface area contributed by atoms with Crippen LogP contribution in [0.1, 0.15) is 77.2 Å². The molecule has 0 unspecified atom stereocenters. The van der Waals surface area contributed by atoms with Crippen LogP contribution in [0.15, 0.2) is 65.9 Å². The number of aromatic amines is 1. The molecule has 2 aromatic carbocycles. The van der Waals surface area contributed by atoms with E-state index >= 15 is 0 Å². The van der Waals surface area contributed by atoms with Gasteiger partial charge in [0, 0.05) is 31.4 Å². The third-order valence-corrected chi connectivity index (χ3v) is 10.5. The van der Waals surface area contributed by atoms with Gasteiger partial charge < -0.3 is 39.6 Å². The molecule has 0 aliphatic carbocycles. The second-order valence-electron chi connectivity index (χ2n) is 14.9. The molecule has 3 N–H and O–H groups in total. The molecule has 2 fully saturated rings. The summed E-state index contributed by atoms with van der Waals surface area (Å²) in [5, 5.41) is 5.39. The van der Waals surface area contributed by atoms with E-state index in [4.69, 9.17) is 19.2 Å². The highest BCUT2D eigenvalue weighted by molar-refractivity contribution is 6.03. The molecule has 4 amide bonds. The number of H-pyrrole nitrogens is 1. The summed E-state index contributed by atoms with van der Waals surface area (Å²) in [5.74, 6) is 1.58. The lowest BCUT2D eigenvalue weighted by atomic mass is 9.97. The van der Waals surface area contributed by atoms with Crippen LogP contribution in [-0.2, 0) is 19.1 Å². The maximum Gasteiger partial charge on any atom is 0.407 e. The summed E-state index contributed by atoms with van der Waals surface area (Å²) in [6, 6.07) is 13.9. The van der Waals surface area contributed by atoms with Crippen molar-refractivity contribution in [3.8, 4) is 22.8 Å². The second-order valence-corrected chi connectivity index (χ2v) is 14.9. The lowest BCUT2D eigenvalue weighted by Crippen LogP contribution is -2.53. The largest absolute Gasteiger partial charge is 0.457 e. The van der Waals surface area contributed by atoms with E-state index < -0.39 is 24.3 Å². The number of hydrogen-bond acceptors (Lipinski definition) is 9. The Morgan fingerprint density at radius 1 is 0.782 bits per heavy atom. The molecule has 0 saturated carbocycles. The maximum absolute atomic E-state index is 13.6. The van der Waals surface area contributed by atoms with Gasteiger partial charge in [0.15, 0.2) is 0 Å². The predicted molar refractivity (Wildman–Crippen MR) is 207 cm³/mol. The molecule has 55 heavy (non-hydrogen) atoms. The zero-order chi connectivity index (χ0) is 39.2. The highest BCUT2D eigenvalue weighted by Gasteiger charge is 2.39. The fourth-order valence-electron chi connectivity index (χ4n) is 7.53. The molecule has 0 radical (unpaired) electrons. The molecule has 0 spiro atoms. The SMILES string of the molecule is COC(=O)N[C@H](C(=O)N1CCC[C@H]1C1=NC=C(c2cccc(Oc3ccc(-c4cnc([C@@H]5CCCN5C(=O)[C@@H](NC(=O)OC)C(C)C)[nH]4)cc3)c2)C1)C(C)C. The molecule has 292 valence electrons. The number of nitrogens with one attached hydrogen (secondary N) is 3. The topological polar surface area (TPSA) is 168 Å². The first kappa shape index (κ1) is 39.0. The van der Waals surface area contributed by atoms with Gasteiger partial charge in [-0.3, -0.25) is 14.6 Å². The molecule has 1 aromatic heterocycles. The van der Waals surface area contributed by atoms with Crippen LogP contribution in [0, 0.1) is 11.8 Å². The van der Waals surface area contributed by atoms with Crippen molar-refractivity contribution < 1.29 is 33.4 Å². The van der Waals surface area contributed by atoms with Gasteiger partial charge in [-0.05, 0) is 90.6 Å². The fourth-order valence-corrected chi connectivity index (χ4v) is 7.53. The molecule has 3 aliphatic rings. The van der Waals surface area contributed by atoms with Crippen molar-refractivity contribution in [1.82, 2.24) is 30.4 Å². The van der Waals surface area contributed by atoms with Gasteiger partial charge in [0.2, 0.25) is 11.8 Å². The highest BCUT2D eigenvalue weighted by Crippen LogP contribution is 2.35. The van der Waals surface area contributed by atoms with Crippen LogP contribution in [0.25, 0.3) is 16.8 Å². The molecule has 0 bridgehead atoms. The number of carbonyl (C=O) groups excluding carboxylic acids is 4. The average molecular weight is 754 g/mol. The Morgan fingerprint density at radius 2 is 1.38 bits per heavy atom. The molecule has 14 heteroatoms. The lowest BCUT2D eigenvalue weighted by Gasteiger charge is -2.31. The van der Waals surface area contributed by atoms with Crippen molar-refractivity contribution in [3.05, 3.63) is 72.3 Å². The predicted octanol–water partition coefficient (Wildman–Crippen LogP) is 6.47. The quantitative estimate of drug-likeness (QED) is 0.189. The number of hydrogen-bond donors (Lipinski definition) is 3. The minimum atomic E-state index is -0.696. The summed E-state index contributed by atoms with van der Waals surface area (Å²) in [6.07, 6.45) is 6.31. The van der Waals surface area contributed by atoms with Crippen LogP contribution in [0.3, 0.4) is 0 Å². The lowest BCUT2D eigenvalue weighted by molar-refractivity contribution is -0.135. The molecule has 3 aliphatic heterocycles. The zero-order valence-corrected chi connectivity index (χ0v) is 32.3. The van der Waals surface area contributed by atoms with Crippen LogP contribution in [0.4, 0.5) is 9.59 Å². The summed E-state index contributed by atoms with van der Waals surface area (Å²) in [7, 11) is 2.58. The molecule has 3 aromatic rings. The van der Waals surface area contributed by atoms with Gasteiger partial charge in [0.1, 0.15) is 29.4 Å². The number of carbonyl (C=O) groups is 4. The Labute approximate surface area is 321 Å². The number of aliphatic imine (C=N–C) groups is 1. The van der Waals surface area contributed by atoms with Gasteiger partial charge >= 0.3 is 12.2 Å². The van der Waals surface area contributed by atoms with E-state index in [1.54, 1.807) is 11.1 Å². The minimum absolute atomic E-state index is 0.0983. The number of ether oxygens (including phenoxy) is 3. The van der Waals surface area contributed by atoms with Gasteiger partial charge in [-0.2, -0.15) is 0 Å². The van der Waals surface area contributed by atoms with Crippen molar-refractivity contribution in [2.24, 2.45) is 16.8 Å². The number of rotatable bonds is 12. The maximum atomic E-state index is 13.6. The van der Waals surface area contributed by atoms with Gasteiger partial charge in [0.05, 0.1) is 38.2 Å². The fraction of sp³-hybridized carbons (Fsp3) is 0.463. The van der Waals surface area contributed by atoms with Crippen LogP contribution >= 0.6 is 0 Å². The van der Waals surface area contributed by atoms with E-state index in [1.165, 1.54) is 14.2 Å². The summed E-state index contributed by atoms with van der Waals surface area (Å²) in [4.78, 5) is 67.5. The normalized spacial score (nSPS) is 19.2. The van der Waals surface area contributed by atoms with Crippen molar-refractivity contribution >= 4 is 35.3 Å². The van der Waals surface area contributed by atoms with Crippen molar-refractivity contribution in [1.29, 1.82) is 0 Å². The summed E-state index contributed by atoms with van der Waals surface area (Å²) >= 11 is 0. The van der Waals surface area contributed by atoms with Crippen LogP contribution < -0.4 is 15.4 Å². The summed E-state index contributed by atoms with van der Waals surface area (Å²) in [6.45, 7) is 8.80. The third kappa shape index (κ3) is 8.84. The van der Waals surface area contributed by atoms with E-state index in [1.807, 2.05) is 87.3 Å². The zero-order valence-electron chi connectivity index (χ0n) is 32.3. The summed E-state index contributed by atoms with van der Waals surface area (Å²) in [5.41, 5.74) is 4.71. The van der Waals surface area contributed by atoms with E-state index in [0.717, 1.165) is 53.8 Å². The molecular weight excluding hydrogens is 702 g/mol. The van der Waals surface area contributed by atoms with E-state index in [9.17, 15) is 19.2 Å². The van der Waals surface area contributed by atoms with Crippen LogP contribution in [0.2, 0.25) is 0 Å². The van der Waals surface area contributed by atoms with E-state index in [-0.39, 0.29) is 35.7 Å². The smallest absolute Gasteiger partial charge is 0.407 e. The number of methoxy groups -OCH3 is 2. The van der Waals surface area contributed by atoms with E-state index in [0.29, 0.717) is 36.8 Å². The van der Waals surface area contributed by atoms with Crippen molar-refractivity contribution in [2.75, 3.05) is 27.3 Å². The van der Waals surface area contributed by atoms with Gasteiger partial charge in [0.25, 0.3) is 0 Å². The Kier molecular flexibility index (Phi) is 12.2. The number of amides is 4. The second kappa shape index (κ2) is 17.2. The molecular formula is C41H51N7O7.